The van der Waals surface area contributed by atoms with Crippen molar-refractivity contribution in [3.63, 3.8) is 0 Å². The van der Waals surface area contributed by atoms with Crippen LogP contribution in [0.15, 0.2) is 12.1 Å². The molecule has 1 aromatic heterocycles. The van der Waals surface area contributed by atoms with Crippen LogP contribution >= 0.6 is 0 Å². The van der Waals surface area contributed by atoms with Gasteiger partial charge in [-0.3, -0.25) is 14.9 Å². The predicted octanol–water partition coefficient (Wildman–Crippen LogP) is 0.822. The molecule has 0 aliphatic carbocycles. The number of carboxylic acids is 1. The molecule has 7 heteroatoms. The lowest BCUT2D eigenvalue weighted by molar-refractivity contribution is -0.384. The maximum absolute atomic E-state index is 10.9. The number of rotatable bonds is 5. The molecule has 0 bridgehead atoms. The lowest BCUT2D eigenvalue weighted by Gasteiger charge is -2.18. The number of hydrogen-bond donors (Lipinski definition) is 1. The number of carboxylic acid groups (broad SMARTS) is 1. The first kappa shape index (κ1) is 13.4. The normalized spacial score (nSPS) is 9.56. The predicted molar refractivity (Wildman–Crippen MR) is 64.3 cm³/mol. The van der Waals surface area contributed by atoms with E-state index in [1.54, 1.807) is 6.92 Å². The van der Waals surface area contributed by atoms with Gasteiger partial charge in [-0.15, -0.1) is 6.42 Å². The molecule has 1 rings (SSSR count). The van der Waals surface area contributed by atoms with E-state index < -0.39 is 17.4 Å². The fourth-order valence-electron chi connectivity index (χ4n) is 1.39. The molecule has 1 N–H and O–H groups in total. The highest BCUT2D eigenvalue weighted by atomic mass is 16.6. The number of nitrogens with zero attached hydrogens (tertiary/aromatic N) is 3. The van der Waals surface area contributed by atoms with Crippen LogP contribution in [0.25, 0.3) is 0 Å². The summed E-state index contributed by atoms with van der Waals surface area (Å²) < 4.78 is 0. The third kappa shape index (κ3) is 3.18. The molecule has 0 fully saturated rings. The van der Waals surface area contributed by atoms with Gasteiger partial charge in [-0.05, 0) is 13.0 Å². The highest BCUT2D eigenvalue weighted by molar-refractivity contribution is 5.75. The van der Waals surface area contributed by atoms with E-state index in [1.165, 1.54) is 17.0 Å². The van der Waals surface area contributed by atoms with Crippen LogP contribution in [-0.2, 0) is 4.79 Å². The second-order valence-corrected chi connectivity index (χ2v) is 3.51. The molecule has 0 amide bonds. The zero-order valence-electron chi connectivity index (χ0n) is 9.66. The molecule has 1 aromatic rings. The van der Waals surface area contributed by atoms with Gasteiger partial charge in [0, 0.05) is 11.8 Å². The van der Waals surface area contributed by atoms with Gasteiger partial charge >= 0.3 is 11.7 Å². The van der Waals surface area contributed by atoms with Gasteiger partial charge in [-0.25, -0.2) is 4.98 Å². The fourth-order valence-corrected chi connectivity index (χ4v) is 1.39. The zero-order valence-corrected chi connectivity index (χ0v) is 9.66. The maximum atomic E-state index is 10.9. The highest BCUT2D eigenvalue weighted by Gasteiger charge is 2.22. The number of aliphatic carboxylic acids is 1. The number of aromatic nitrogens is 1. The molecule has 7 nitrogen and oxygen atoms in total. The third-order valence-corrected chi connectivity index (χ3v) is 2.10. The smallest absolute Gasteiger partial charge is 0.323 e. The molecule has 0 spiro atoms. The first-order chi connectivity index (χ1) is 8.45. The Morgan fingerprint density at radius 2 is 2.33 bits per heavy atom. The van der Waals surface area contributed by atoms with Crippen LogP contribution in [0.4, 0.5) is 11.5 Å². The van der Waals surface area contributed by atoms with Gasteiger partial charge in [0.2, 0.25) is 5.82 Å². The van der Waals surface area contributed by atoms with Gasteiger partial charge in [0.25, 0.3) is 0 Å². The number of hydrogen-bond acceptors (Lipinski definition) is 5. The second kappa shape index (κ2) is 5.63. The van der Waals surface area contributed by atoms with Crippen molar-refractivity contribution >= 4 is 17.5 Å². The first-order valence-corrected chi connectivity index (χ1v) is 4.98. The minimum Gasteiger partial charge on any atom is -0.480 e. The van der Waals surface area contributed by atoms with E-state index in [9.17, 15) is 14.9 Å². The minimum absolute atomic E-state index is 0.0275. The lowest BCUT2D eigenvalue weighted by Crippen LogP contribution is -2.31. The summed E-state index contributed by atoms with van der Waals surface area (Å²) in [5, 5.41) is 19.6. The summed E-state index contributed by atoms with van der Waals surface area (Å²) >= 11 is 0. The Morgan fingerprint density at radius 3 is 2.83 bits per heavy atom. The largest absolute Gasteiger partial charge is 0.480 e. The summed E-state index contributed by atoms with van der Waals surface area (Å²) in [5.41, 5.74) is 0.278. The average molecular weight is 249 g/mol. The van der Waals surface area contributed by atoms with E-state index in [0.29, 0.717) is 5.69 Å². The number of anilines is 1. The van der Waals surface area contributed by atoms with Crippen molar-refractivity contribution in [1.82, 2.24) is 4.98 Å². The summed E-state index contributed by atoms with van der Waals surface area (Å²) in [6.45, 7) is 1.15. The molecule has 0 radical (unpaired) electrons. The van der Waals surface area contributed by atoms with Crippen LogP contribution in [0.1, 0.15) is 5.69 Å². The molecule has 94 valence electrons. The van der Waals surface area contributed by atoms with Crippen LogP contribution in [0.5, 0.6) is 0 Å². The number of terminal acetylenes is 1. The Labute approximate surface area is 103 Å². The Morgan fingerprint density at radius 1 is 1.67 bits per heavy atom. The van der Waals surface area contributed by atoms with Crippen molar-refractivity contribution < 1.29 is 14.8 Å². The van der Waals surface area contributed by atoms with Gasteiger partial charge in [0.1, 0.15) is 6.54 Å². The zero-order chi connectivity index (χ0) is 13.7. The summed E-state index contributed by atoms with van der Waals surface area (Å²) in [7, 11) is 0. The molecule has 0 saturated heterocycles. The first-order valence-electron chi connectivity index (χ1n) is 4.98. The maximum Gasteiger partial charge on any atom is 0.323 e. The minimum atomic E-state index is -1.14. The Bertz CT molecular complexity index is 522. The fraction of sp³-hybridized carbons (Fsp3) is 0.273. The van der Waals surface area contributed by atoms with Crippen molar-refractivity contribution in [2.75, 3.05) is 18.0 Å². The van der Waals surface area contributed by atoms with E-state index in [2.05, 4.69) is 10.9 Å². The van der Waals surface area contributed by atoms with Crippen molar-refractivity contribution in [3.8, 4) is 12.3 Å². The number of carbonyl (C=O) groups is 1. The molecule has 0 aliphatic heterocycles. The van der Waals surface area contributed by atoms with Gasteiger partial charge in [0.15, 0.2) is 0 Å². The summed E-state index contributed by atoms with van der Waals surface area (Å²) in [6.07, 6.45) is 5.12. The highest BCUT2D eigenvalue weighted by Crippen LogP contribution is 2.25. The monoisotopic (exact) mass is 249 g/mol. The van der Waals surface area contributed by atoms with E-state index >= 15 is 0 Å². The molecule has 0 unspecified atom stereocenters. The Kier molecular flexibility index (Phi) is 4.21. The van der Waals surface area contributed by atoms with E-state index in [1.807, 2.05) is 0 Å². The van der Waals surface area contributed by atoms with Crippen LogP contribution in [-0.4, -0.2) is 34.1 Å². The van der Waals surface area contributed by atoms with Gasteiger partial charge in [-0.1, -0.05) is 5.92 Å². The standard InChI is InChI=1S/C11H11N3O4/c1-3-6-13(7-10(15)16)11-9(14(17)18)5-4-8(2)12-11/h1,4-5H,6-7H2,2H3,(H,15,16). The number of nitro groups is 1. The van der Waals surface area contributed by atoms with Crippen molar-refractivity contribution in [1.29, 1.82) is 0 Å². The number of aryl methyl sites for hydroxylation is 1. The van der Waals surface area contributed by atoms with E-state index in [-0.39, 0.29) is 18.1 Å². The van der Waals surface area contributed by atoms with Gasteiger partial charge in [0.05, 0.1) is 11.5 Å². The summed E-state index contributed by atoms with van der Waals surface area (Å²) in [6, 6.07) is 2.76. The molecule has 0 aliphatic rings. The van der Waals surface area contributed by atoms with Crippen molar-refractivity contribution in [2.24, 2.45) is 0 Å². The third-order valence-electron chi connectivity index (χ3n) is 2.10. The summed E-state index contributed by atoms with van der Waals surface area (Å²) in [5.74, 6) is 1.09. The van der Waals surface area contributed by atoms with Crippen LogP contribution in [0, 0.1) is 29.4 Å². The van der Waals surface area contributed by atoms with E-state index in [0.717, 1.165) is 0 Å². The van der Waals surface area contributed by atoms with Crippen LogP contribution in [0.2, 0.25) is 0 Å². The van der Waals surface area contributed by atoms with E-state index in [4.69, 9.17) is 11.5 Å². The van der Waals surface area contributed by atoms with Gasteiger partial charge in [-0.2, -0.15) is 0 Å². The number of pyridine rings is 1. The molecular formula is C11H11N3O4. The lowest BCUT2D eigenvalue weighted by atomic mass is 10.3. The van der Waals surface area contributed by atoms with Gasteiger partial charge < -0.3 is 10.0 Å². The van der Waals surface area contributed by atoms with Crippen molar-refractivity contribution in [3.05, 3.63) is 27.9 Å². The quantitative estimate of drug-likeness (QED) is 0.471. The molecule has 0 saturated carbocycles. The molecular weight excluding hydrogens is 238 g/mol. The van der Waals surface area contributed by atoms with Crippen LogP contribution in [0.3, 0.4) is 0 Å². The van der Waals surface area contributed by atoms with Crippen molar-refractivity contribution in [2.45, 2.75) is 6.92 Å². The Hall–Kier alpha value is -2.62. The molecule has 0 aromatic carbocycles. The summed E-state index contributed by atoms with van der Waals surface area (Å²) in [4.78, 5) is 26.1. The molecule has 18 heavy (non-hydrogen) atoms. The SMILES string of the molecule is C#CCN(CC(=O)O)c1nc(C)ccc1[N+](=O)[O-]. The average Bonchev–Trinajstić information content (AvgIpc) is 2.27. The molecule has 0 atom stereocenters. The topological polar surface area (TPSA) is 96.6 Å². The van der Waals surface area contributed by atoms with Crippen LogP contribution < -0.4 is 4.90 Å². The molecule has 1 heterocycles. The Balaban J connectivity index is 3.25. The second-order valence-electron chi connectivity index (χ2n) is 3.51.